The van der Waals surface area contributed by atoms with E-state index in [-0.39, 0.29) is 12.4 Å². The van der Waals surface area contributed by atoms with Gasteiger partial charge in [-0.05, 0) is 44.2 Å². The Morgan fingerprint density at radius 2 is 1.83 bits per heavy atom. The number of aromatic nitrogens is 2. The zero-order valence-electron chi connectivity index (χ0n) is 14.9. The summed E-state index contributed by atoms with van der Waals surface area (Å²) in [6.45, 7) is 8.72. The van der Waals surface area contributed by atoms with E-state index in [1.165, 1.54) is 12.1 Å². The van der Waals surface area contributed by atoms with Crippen molar-refractivity contribution >= 4 is 0 Å². The Labute approximate surface area is 143 Å². The van der Waals surface area contributed by atoms with Crippen LogP contribution in [0.15, 0.2) is 36.5 Å². The summed E-state index contributed by atoms with van der Waals surface area (Å²) in [5, 5.41) is 8.88. The van der Waals surface area contributed by atoms with Crippen molar-refractivity contribution in [3.05, 3.63) is 53.9 Å². The van der Waals surface area contributed by atoms with E-state index in [2.05, 4.69) is 9.97 Å². The fourth-order valence-corrected chi connectivity index (χ4v) is 2.06. The first-order valence-corrected chi connectivity index (χ1v) is 8.34. The molecule has 1 aromatic carbocycles. The quantitative estimate of drug-likeness (QED) is 0.920. The maximum absolute atomic E-state index is 11.9. The Hall–Kier alpha value is -2.01. The maximum Gasteiger partial charge on any atom is 0.158 e. The second-order valence-electron chi connectivity index (χ2n) is 5.41. The van der Waals surface area contributed by atoms with E-state index in [9.17, 15) is 4.39 Å². The first-order chi connectivity index (χ1) is 11.6. The molecule has 1 heterocycles. The van der Waals surface area contributed by atoms with Crippen LogP contribution in [0.3, 0.4) is 0 Å². The molecule has 5 heteroatoms. The predicted octanol–water partition coefficient (Wildman–Crippen LogP) is 3.95. The van der Waals surface area contributed by atoms with Gasteiger partial charge < -0.3 is 9.84 Å². The number of aryl methyl sites for hydroxylation is 2. The van der Waals surface area contributed by atoms with Crippen LogP contribution in [0, 0.1) is 31.5 Å². The summed E-state index contributed by atoms with van der Waals surface area (Å²) in [5.41, 5.74) is 0.878. The molecule has 0 spiro atoms. The Bertz CT molecular complexity index is 593. The average Bonchev–Trinajstić information content (AvgIpc) is 3.36. The molecule has 24 heavy (non-hydrogen) atoms. The Kier molecular flexibility index (Phi) is 8.94. The zero-order chi connectivity index (χ0) is 17.9. The lowest BCUT2D eigenvalue weighted by Crippen LogP contribution is -2.05. The highest BCUT2D eigenvalue weighted by molar-refractivity contribution is 5.23. The molecule has 3 rings (SSSR count). The molecule has 0 saturated heterocycles. The van der Waals surface area contributed by atoms with Crippen LogP contribution in [0.4, 0.5) is 4.39 Å². The van der Waals surface area contributed by atoms with Gasteiger partial charge in [0.15, 0.2) is 5.75 Å². The molecular formula is C19H27FN2O2. The third-order valence-electron chi connectivity index (χ3n) is 3.54. The number of rotatable bonds is 4. The molecule has 4 nitrogen and oxygen atoms in total. The van der Waals surface area contributed by atoms with Gasteiger partial charge in [-0.15, -0.1) is 0 Å². The van der Waals surface area contributed by atoms with Gasteiger partial charge in [0.05, 0.1) is 18.5 Å². The summed E-state index contributed by atoms with van der Waals surface area (Å²) in [7, 11) is 0. The van der Waals surface area contributed by atoms with Crippen LogP contribution in [-0.4, -0.2) is 28.3 Å². The molecule has 132 valence electrons. The molecule has 0 radical (unpaired) electrons. The lowest BCUT2D eigenvalue weighted by Gasteiger charge is -2.07. The summed E-state index contributed by atoms with van der Waals surface area (Å²) in [6, 6.07) is 7.94. The number of hydrogen-bond acceptors (Lipinski definition) is 4. The molecule has 1 fully saturated rings. The second kappa shape index (κ2) is 10.7. The third-order valence-corrected chi connectivity index (χ3v) is 3.54. The molecule has 2 unspecified atom stereocenters. The maximum atomic E-state index is 11.9. The van der Waals surface area contributed by atoms with Crippen LogP contribution in [0.25, 0.3) is 0 Å². The zero-order valence-corrected chi connectivity index (χ0v) is 14.9. The minimum Gasteiger partial charge on any atom is -0.490 e. The highest BCUT2D eigenvalue weighted by Gasteiger charge is 2.36. The van der Waals surface area contributed by atoms with E-state index >= 15 is 0 Å². The standard InChI is InChI=1S/C11H16N2O2.C6H5F.C2H6/c1-7-11(4-12-8(2)13-7)15-6-10-3-9(10)5-14;7-6-4-2-1-3-5-6;1-2/h4,9-10,14H,3,5-6H2,1-2H3;1-5H;1-2H3. The van der Waals surface area contributed by atoms with Gasteiger partial charge in [-0.3, -0.25) is 0 Å². The van der Waals surface area contributed by atoms with Gasteiger partial charge >= 0.3 is 0 Å². The van der Waals surface area contributed by atoms with Gasteiger partial charge in [-0.25, -0.2) is 14.4 Å². The summed E-state index contributed by atoms with van der Waals surface area (Å²) >= 11 is 0. The smallest absolute Gasteiger partial charge is 0.158 e. The van der Waals surface area contributed by atoms with E-state index in [0.29, 0.717) is 18.4 Å². The molecule has 0 aliphatic heterocycles. The third kappa shape index (κ3) is 7.04. The van der Waals surface area contributed by atoms with Crippen molar-refractivity contribution in [1.29, 1.82) is 0 Å². The molecule has 1 aliphatic carbocycles. The van der Waals surface area contributed by atoms with Crippen molar-refractivity contribution < 1.29 is 14.2 Å². The SMILES string of the molecule is CC.Cc1ncc(OCC2CC2CO)c(C)n1.Fc1ccccc1. The topological polar surface area (TPSA) is 55.2 Å². The van der Waals surface area contributed by atoms with Gasteiger partial charge in [0, 0.05) is 6.61 Å². The van der Waals surface area contributed by atoms with Gasteiger partial charge in [-0.2, -0.15) is 0 Å². The first kappa shape index (κ1) is 20.0. The molecule has 0 amide bonds. The molecule has 2 aromatic rings. The highest BCUT2D eigenvalue weighted by Crippen LogP contribution is 2.38. The fourth-order valence-electron chi connectivity index (χ4n) is 2.06. The highest BCUT2D eigenvalue weighted by atomic mass is 19.1. The van der Waals surface area contributed by atoms with Crippen LogP contribution in [-0.2, 0) is 0 Å². The largest absolute Gasteiger partial charge is 0.490 e. The van der Waals surface area contributed by atoms with Crippen molar-refractivity contribution in [1.82, 2.24) is 9.97 Å². The molecular weight excluding hydrogens is 307 g/mol. The second-order valence-corrected chi connectivity index (χ2v) is 5.41. The van der Waals surface area contributed by atoms with Gasteiger partial charge in [0.1, 0.15) is 11.6 Å². The minimum absolute atomic E-state index is 0.178. The van der Waals surface area contributed by atoms with E-state index in [4.69, 9.17) is 9.84 Å². The molecule has 1 aliphatic rings. The number of hydrogen-bond donors (Lipinski definition) is 1. The van der Waals surface area contributed by atoms with Crippen molar-refractivity contribution in [2.75, 3.05) is 13.2 Å². The number of ether oxygens (including phenoxy) is 1. The predicted molar refractivity (Wildman–Crippen MR) is 93.4 cm³/mol. The number of halogens is 1. The van der Waals surface area contributed by atoms with E-state index in [0.717, 1.165) is 23.7 Å². The summed E-state index contributed by atoms with van der Waals surface area (Å²) in [5.74, 6) is 2.29. The van der Waals surface area contributed by atoms with E-state index in [1.807, 2.05) is 27.7 Å². The molecule has 0 bridgehead atoms. The van der Waals surface area contributed by atoms with Crippen LogP contribution < -0.4 is 4.74 Å². The van der Waals surface area contributed by atoms with Crippen LogP contribution in [0.5, 0.6) is 5.75 Å². The van der Waals surface area contributed by atoms with Gasteiger partial charge in [-0.1, -0.05) is 32.0 Å². The lowest BCUT2D eigenvalue weighted by molar-refractivity contribution is 0.241. The number of aliphatic hydroxyl groups excluding tert-OH is 1. The molecule has 1 N–H and O–H groups in total. The van der Waals surface area contributed by atoms with Crippen molar-refractivity contribution in [3.8, 4) is 5.75 Å². The van der Waals surface area contributed by atoms with Crippen molar-refractivity contribution in [3.63, 3.8) is 0 Å². The normalized spacial score (nSPS) is 17.8. The number of nitrogens with zero attached hydrogens (tertiary/aromatic N) is 2. The number of aliphatic hydroxyl groups is 1. The molecule has 1 aromatic heterocycles. The Morgan fingerprint density at radius 1 is 1.17 bits per heavy atom. The van der Waals surface area contributed by atoms with Crippen LogP contribution in [0.1, 0.15) is 31.8 Å². The summed E-state index contributed by atoms with van der Waals surface area (Å²) < 4.78 is 17.5. The van der Waals surface area contributed by atoms with E-state index < -0.39 is 0 Å². The van der Waals surface area contributed by atoms with Gasteiger partial charge in [0.25, 0.3) is 0 Å². The van der Waals surface area contributed by atoms with Crippen molar-refractivity contribution in [2.24, 2.45) is 11.8 Å². The molecule has 1 saturated carbocycles. The fraction of sp³-hybridized carbons (Fsp3) is 0.474. The Balaban J connectivity index is 0.000000268. The van der Waals surface area contributed by atoms with Crippen molar-refractivity contribution in [2.45, 2.75) is 34.1 Å². The average molecular weight is 334 g/mol. The summed E-state index contributed by atoms with van der Waals surface area (Å²) in [4.78, 5) is 8.32. The Morgan fingerprint density at radius 3 is 2.29 bits per heavy atom. The first-order valence-electron chi connectivity index (χ1n) is 8.34. The molecule has 2 atom stereocenters. The van der Waals surface area contributed by atoms with Gasteiger partial charge in [0.2, 0.25) is 0 Å². The summed E-state index contributed by atoms with van der Waals surface area (Å²) in [6.07, 6.45) is 2.79. The van der Waals surface area contributed by atoms with Crippen LogP contribution >= 0.6 is 0 Å². The van der Waals surface area contributed by atoms with Crippen LogP contribution in [0.2, 0.25) is 0 Å². The lowest BCUT2D eigenvalue weighted by atomic mass is 10.3. The monoisotopic (exact) mass is 334 g/mol. The minimum atomic E-state index is -0.178. The van der Waals surface area contributed by atoms with E-state index in [1.54, 1.807) is 24.4 Å². The number of benzene rings is 1.